The molecule has 1 aromatic carbocycles. The fourth-order valence-electron chi connectivity index (χ4n) is 2.69. The van der Waals surface area contributed by atoms with Crippen LogP contribution < -0.4 is 5.32 Å². The van der Waals surface area contributed by atoms with Gasteiger partial charge in [0.2, 0.25) is 5.91 Å². The number of rotatable bonds is 6. The van der Waals surface area contributed by atoms with Crippen molar-refractivity contribution in [3.05, 3.63) is 77.4 Å². The summed E-state index contributed by atoms with van der Waals surface area (Å²) in [7, 11) is 3.29. The lowest BCUT2D eigenvalue weighted by Crippen LogP contribution is -2.36. The lowest BCUT2D eigenvalue weighted by Gasteiger charge is -2.12. The predicted octanol–water partition coefficient (Wildman–Crippen LogP) is 1.69. The number of aromatic nitrogens is 3. The van der Waals surface area contributed by atoms with E-state index < -0.39 is 0 Å². The normalized spacial score (nSPS) is 9.90. The first-order chi connectivity index (χ1) is 14.8. The van der Waals surface area contributed by atoms with Crippen LogP contribution in [0.1, 0.15) is 27.2 Å². The molecule has 2 amide bonds. The minimum Gasteiger partial charge on any atom is -0.483 e. The van der Waals surface area contributed by atoms with Crippen molar-refractivity contribution in [2.24, 2.45) is 0 Å². The van der Waals surface area contributed by atoms with Crippen molar-refractivity contribution in [3.8, 4) is 5.69 Å². The van der Waals surface area contributed by atoms with E-state index in [4.69, 9.17) is 9.90 Å². The first-order valence-corrected chi connectivity index (χ1v) is 9.46. The van der Waals surface area contributed by atoms with Crippen LogP contribution in [0.3, 0.4) is 0 Å². The summed E-state index contributed by atoms with van der Waals surface area (Å²) in [5, 5.41) is 13.7. The van der Waals surface area contributed by atoms with E-state index in [-0.39, 0.29) is 24.8 Å². The van der Waals surface area contributed by atoms with E-state index in [1.807, 2.05) is 43.5 Å². The Hall–Kier alpha value is -4.01. The number of aryl methyl sites for hydroxylation is 1. The molecular weight excluding hydrogens is 398 g/mol. The molecule has 0 aliphatic heterocycles. The number of benzene rings is 1. The molecule has 0 unspecified atom stereocenters. The molecule has 0 bridgehead atoms. The second kappa shape index (κ2) is 11.2. The zero-order valence-corrected chi connectivity index (χ0v) is 17.6. The number of hydrogen-bond donors (Lipinski definition) is 2. The van der Waals surface area contributed by atoms with Gasteiger partial charge < -0.3 is 15.3 Å². The number of nitrogens with one attached hydrogen (secondary N) is 1. The Kier molecular flexibility index (Phi) is 8.44. The predicted molar refractivity (Wildman–Crippen MR) is 115 cm³/mol. The molecule has 9 nitrogen and oxygen atoms in total. The van der Waals surface area contributed by atoms with Crippen LogP contribution in [0.4, 0.5) is 0 Å². The molecule has 3 rings (SSSR count). The molecule has 0 aliphatic carbocycles. The number of carbonyl (C=O) groups excluding carboxylic acids is 2. The number of carbonyl (C=O) groups is 3. The summed E-state index contributed by atoms with van der Waals surface area (Å²) in [4.78, 5) is 37.9. The monoisotopic (exact) mass is 423 g/mol. The van der Waals surface area contributed by atoms with Crippen molar-refractivity contribution < 1.29 is 19.5 Å². The molecule has 2 heterocycles. The third kappa shape index (κ3) is 6.77. The number of carboxylic acid groups (broad SMARTS) is 1. The third-order valence-electron chi connectivity index (χ3n) is 4.45. The van der Waals surface area contributed by atoms with Crippen molar-refractivity contribution in [3.63, 3.8) is 0 Å². The molecule has 0 saturated heterocycles. The summed E-state index contributed by atoms with van der Waals surface area (Å²) in [6.07, 6.45) is 6.02. The first-order valence-electron chi connectivity index (χ1n) is 9.46. The Morgan fingerprint density at radius 1 is 1.23 bits per heavy atom. The van der Waals surface area contributed by atoms with E-state index in [0.717, 1.165) is 22.4 Å². The molecule has 9 heteroatoms. The minimum atomic E-state index is -0.356. The van der Waals surface area contributed by atoms with Gasteiger partial charge in [-0.25, -0.2) is 4.68 Å². The van der Waals surface area contributed by atoms with Crippen molar-refractivity contribution in [1.82, 2.24) is 25.0 Å². The van der Waals surface area contributed by atoms with Crippen LogP contribution in [0, 0.1) is 6.92 Å². The van der Waals surface area contributed by atoms with E-state index in [2.05, 4.69) is 15.4 Å². The van der Waals surface area contributed by atoms with Gasteiger partial charge in [-0.2, -0.15) is 5.10 Å². The Labute approximate surface area is 180 Å². The number of pyridine rings is 1. The molecule has 31 heavy (non-hydrogen) atoms. The SMILES string of the molecule is Cc1cnc(C(=O)NCC(=O)N(C)C)cc1Cc1ccc(-n2cccn2)cc1.O=CO. The van der Waals surface area contributed by atoms with Gasteiger partial charge in [0.25, 0.3) is 12.4 Å². The number of hydrogen-bond acceptors (Lipinski definition) is 5. The minimum absolute atomic E-state index is 0.0500. The molecule has 2 N–H and O–H groups in total. The van der Waals surface area contributed by atoms with Crippen molar-refractivity contribution in [1.29, 1.82) is 0 Å². The highest BCUT2D eigenvalue weighted by Crippen LogP contribution is 2.16. The molecule has 0 aliphatic rings. The second-order valence-electron chi connectivity index (χ2n) is 6.87. The van der Waals surface area contributed by atoms with Crippen molar-refractivity contribution >= 4 is 18.3 Å². The number of nitrogens with zero attached hydrogens (tertiary/aromatic N) is 4. The van der Waals surface area contributed by atoms with Gasteiger partial charge in [0.1, 0.15) is 5.69 Å². The van der Waals surface area contributed by atoms with E-state index >= 15 is 0 Å². The zero-order valence-electron chi connectivity index (χ0n) is 17.6. The van der Waals surface area contributed by atoms with Crippen LogP contribution in [0.25, 0.3) is 5.69 Å². The van der Waals surface area contributed by atoms with E-state index in [0.29, 0.717) is 12.1 Å². The first kappa shape index (κ1) is 23.3. The Balaban J connectivity index is 0.00000107. The quantitative estimate of drug-likeness (QED) is 0.583. The van der Waals surface area contributed by atoms with Gasteiger partial charge in [0.05, 0.1) is 12.2 Å². The van der Waals surface area contributed by atoms with Crippen LogP contribution in [0.2, 0.25) is 0 Å². The highest BCUT2D eigenvalue weighted by Gasteiger charge is 2.12. The standard InChI is InChI=1S/C21H23N5O2.CH2O2/c1-15-13-22-19(21(28)23-14-20(27)25(2)3)12-17(15)11-16-5-7-18(8-6-16)26-10-4-9-24-26;2-1-3/h4-10,12-13H,11,14H2,1-3H3,(H,23,28);1H,(H,2,3). The van der Waals surface area contributed by atoms with E-state index in [1.54, 1.807) is 37.2 Å². The second-order valence-corrected chi connectivity index (χ2v) is 6.87. The van der Waals surface area contributed by atoms with Crippen LogP contribution in [0.15, 0.2) is 55.0 Å². The molecule has 0 atom stereocenters. The maximum absolute atomic E-state index is 12.3. The van der Waals surface area contributed by atoms with Crippen LogP contribution >= 0.6 is 0 Å². The Morgan fingerprint density at radius 2 is 1.90 bits per heavy atom. The molecule has 0 radical (unpaired) electrons. The van der Waals surface area contributed by atoms with Crippen molar-refractivity contribution in [2.75, 3.05) is 20.6 Å². The Morgan fingerprint density at radius 3 is 2.48 bits per heavy atom. The Bertz CT molecular complexity index is 1010. The molecule has 0 fully saturated rings. The third-order valence-corrected chi connectivity index (χ3v) is 4.45. The summed E-state index contributed by atoms with van der Waals surface area (Å²) in [6, 6.07) is 11.8. The summed E-state index contributed by atoms with van der Waals surface area (Å²) in [6.45, 7) is 1.67. The summed E-state index contributed by atoms with van der Waals surface area (Å²) >= 11 is 0. The number of likely N-dealkylation sites (N-methyl/N-ethyl adjacent to an activating group) is 1. The molecule has 0 saturated carbocycles. The molecule has 162 valence electrons. The van der Waals surface area contributed by atoms with Gasteiger partial charge in [0, 0.05) is 32.7 Å². The maximum atomic E-state index is 12.3. The fraction of sp³-hybridized carbons (Fsp3) is 0.227. The fourth-order valence-corrected chi connectivity index (χ4v) is 2.69. The van der Waals surface area contributed by atoms with Gasteiger partial charge in [-0.1, -0.05) is 12.1 Å². The van der Waals surface area contributed by atoms with E-state index in [1.165, 1.54) is 4.90 Å². The summed E-state index contributed by atoms with van der Waals surface area (Å²) < 4.78 is 1.80. The lowest BCUT2D eigenvalue weighted by molar-refractivity contribution is -0.127. The highest BCUT2D eigenvalue weighted by molar-refractivity contribution is 5.95. The van der Waals surface area contributed by atoms with Crippen molar-refractivity contribution in [2.45, 2.75) is 13.3 Å². The maximum Gasteiger partial charge on any atom is 0.290 e. The average molecular weight is 423 g/mol. The van der Waals surface area contributed by atoms with Crippen LogP contribution in [-0.4, -0.2) is 63.7 Å². The molecular formula is C22H25N5O4. The van der Waals surface area contributed by atoms with Crippen LogP contribution in [-0.2, 0) is 16.0 Å². The van der Waals surface area contributed by atoms with Gasteiger partial charge in [-0.15, -0.1) is 0 Å². The number of amides is 2. The van der Waals surface area contributed by atoms with Crippen LogP contribution in [0.5, 0.6) is 0 Å². The summed E-state index contributed by atoms with van der Waals surface area (Å²) in [5.74, 6) is -0.525. The highest BCUT2D eigenvalue weighted by atomic mass is 16.3. The summed E-state index contributed by atoms with van der Waals surface area (Å²) in [5.41, 5.74) is 4.45. The molecule has 0 spiro atoms. The zero-order chi connectivity index (χ0) is 22.8. The average Bonchev–Trinajstić information content (AvgIpc) is 3.29. The smallest absolute Gasteiger partial charge is 0.290 e. The largest absolute Gasteiger partial charge is 0.483 e. The van der Waals surface area contributed by atoms with Gasteiger partial charge in [-0.3, -0.25) is 19.4 Å². The molecule has 3 aromatic rings. The molecule has 2 aromatic heterocycles. The van der Waals surface area contributed by atoms with E-state index in [9.17, 15) is 9.59 Å². The van der Waals surface area contributed by atoms with Gasteiger partial charge in [0.15, 0.2) is 0 Å². The van der Waals surface area contributed by atoms with Gasteiger partial charge >= 0.3 is 0 Å². The topological polar surface area (TPSA) is 117 Å². The lowest BCUT2D eigenvalue weighted by atomic mass is 10.0. The van der Waals surface area contributed by atoms with Gasteiger partial charge in [-0.05, 0) is 54.3 Å².